The molecule has 0 radical (unpaired) electrons. The molecule has 10 nitrogen and oxygen atoms in total. The first-order valence-corrected chi connectivity index (χ1v) is 15.8. The van der Waals surface area contributed by atoms with Crippen LogP contribution >= 0.6 is 0 Å². The van der Waals surface area contributed by atoms with Crippen LogP contribution in [0.5, 0.6) is 23.1 Å². The predicted octanol–water partition coefficient (Wildman–Crippen LogP) is 5.39. The van der Waals surface area contributed by atoms with Gasteiger partial charge in [0.15, 0.2) is 0 Å². The number of aromatic hydroxyl groups is 2. The van der Waals surface area contributed by atoms with Crippen molar-refractivity contribution in [1.82, 2.24) is 20.5 Å². The van der Waals surface area contributed by atoms with Crippen LogP contribution in [0.2, 0.25) is 0 Å². The monoisotopic (exact) mass is 640 g/mol. The lowest BCUT2D eigenvalue weighted by molar-refractivity contribution is 0.0342. The van der Waals surface area contributed by atoms with Crippen molar-refractivity contribution in [3.05, 3.63) is 102 Å². The largest absolute Gasteiger partial charge is 0.508 e. The summed E-state index contributed by atoms with van der Waals surface area (Å²) < 4.78 is 25.9. The van der Waals surface area contributed by atoms with E-state index in [1.165, 1.54) is 6.07 Å². The van der Waals surface area contributed by atoms with Gasteiger partial charge in [-0.15, -0.1) is 0 Å². The molecule has 1 aromatic heterocycles. The number of morpholine rings is 1. The number of nitrogens with zero attached hydrogens (tertiary/aromatic N) is 2. The fourth-order valence-electron chi connectivity index (χ4n) is 6.08. The second-order valence-electron chi connectivity index (χ2n) is 11.9. The number of amides is 2. The Hall–Kier alpha value is -5.00. The number of para-hydroxylation sites is 1. The summed E-state index contributed by atoms with van der Waals surface area (Å²) in [5.41, 5.74) is 2.93. The highest BCUT2D eigenvalue weighted by molar-refractivity contribution is 5.97. The van der Waals surface area contributed by atoms with Crippen LogP contribution in [0.1, 0.15) is 52.0 Å². The zero-order valence-electron chi connectivity index (χ0n) is 25.8. The molecule has 4 N–H and O–H groups in total. The molecular formula is C36H37FN4O6. The first-order chi connectivity index (χ1) is 22.8. The second kappa shape index (κ2) is 14.6. The third-order valence-electron chi connectivity index (χ3n) is 8.55. The van der Waals surface area contributed by atoms with Crippen LogP contribution in [-0.2, 0) is 11.3 Å². The van der Waals surface area contributed by atoms with Crippen LogP contribution in [0, 0.1) is 5.82 Å². The third kappa shape index (κ3) is 8.05. The van der Waals surface area contributed by atoms with Crippen LogP contribution in [0.25, 0.3) is 11.1 Å². The Labute approximate surface area is 272 Å². The zero-order chi connectivity index (χ0) is 32.8. The molecule has 0 spiro atoms. The maximum Gasteiger partial charge on any atom is 0.257 e. The number of benzene rings is 3. The van der Waals surface area contributed by atoms with Crippen LogP contribution in [-0.4, -0.2) is 70.3 Å². The molecule has 0 bridgehead atoms. The summed E-state index contributed by atoms with van der Waals surface area (Å²) in [4.78, 5) is 32.3. The van der Waals surface area contributed by atoms with Gasteiger partial charge in [-0.05, 0) is 84.8 Å². The quantitative estimate of drug-likeness (QED) is 0.191. The Morgan fingerprint density at radius 1 is 0.872 bits per heavy atom. The van der Waals surface area contributed by atoms with Crippen molar-refractivity contribution in [3.63, 3.8) is 0 Å². The summed E-state index contributed by atoms with van der Waals surface area (Å²) in [6.45, 7) is 3.58. The van der Waals surface area contributed by atoms with E-state index >= 15 is 0 Å². The number of aromatic nitrogens is 1. The first kappa shape index (κ1) is 32.0. The fraction of sp³-hybridized carbons (Fsp3) is 0.306. The molecule has 4 aromatic rings. The molecule has 1 saturated carbocycles. The number of phenolic OH excluding ortho intramolecular Hbond substituents is 2. The van der Waals surface area contributed by atoms with Crippen molar-refractivity contribution >= 4 is 11.8 Å². The van der Waals surface area contributed by atoms with E-state index in [1.54, 1.807) is 36.4 Å². The number of carbonyl (C=O) groups excluding carboxylic acids is 2. The van der Waals surface area contributed by atoms with E-state index in [1.807, 2.05) is 24.3 Å². The first-order valence-electron chi connectivity index (χ1n) is 15.8. The van der Waals surface area contributed by atoms with Gasteiger partial charge in [0.2, 0.25) is 5.88 Å². The molecule has 11 heteroatoms. The lowest BCUT2D eigenvalue weighted by Crippen LogP contribution is -2.43. The number of hydrogen-bond acceptors (Lipinski definition) is 8. The van der Waals surface area contributed by atoms with Gasteiger partial charge in [0.05, 0.1) is 25.0 Å². The summed E-state index contributed by atoms with van der Waals surface area (Å²) >= 11 is 0. The van der Waals surface area contributed by atoms with Gasteiger partial charge in [-0.1, -0.05) is 30.3 Å². The average molecular weight is 641 g/mol. The van der Waals surface area contributed by atoms with Gasteiger partial charge < -0.3 is 30.3 Å². The van der Waals surface area contributed by atoms with Crippen LogP contribution < -0.4 is 15.4 Å². The number of hydrogen-bond donors (Lipinski definition) is 4. The molecule has 244 valence electrons. The van der Waals surface area contributed by atoms with E-state index in [0.717, 1.165) is 42.0 Å². The van der Waals surface area contributed by atoms with E-state index in [2.05, 4.69) is 20.5 Å². The third-order valence-corrected chi connectivity index (χ3v) is 8.55. The Balaban J connectivity index is 1.11. The Bertz CT molecular complexity index is 1740. The number of rotatable bonds is 9. The predicted molar refractivity (Wildman–Crippen MR) is 173 cm³/mol. The van der Waals surface area contributed by atoms with Gasteiger partial charge in [-0.25, -0.2) is 9.37 Å². The minimum absolute atomic E-state index is 0.0242. The molecule has 6 rings (SSSR count). The summed E-state index contributed by atoms with van der Waals surface area (Å²) in [7, 11) is 0. The normalized spacial score (nSPS) is 18.3. The number of nitrogens with one attached hydrogen (secondary N) is 2. The summed E-state index contributed by atoms with van der Waals surface area (Å²) in [5.74, 6) is -1.01. The van der Waals surface area contributed by atoms with Crippen molar-refractivity contribution in [1.29, 1.82) is 0 Å². The Morgan fingerprint density at radius 3 is 2.30 bits per heavy atom. The van der Waals surface area contributed by atoms with Crippen molar-refractivity contribution in [3.8, 4) is 34.3 Å². The highest BCUT2D eigenvalue weighted by atomic mass is 19.1. The number of halogens is 1. The lowest BCUT2D eigenvalue weighted by atomic mass is 9.90. The number of carbonyl (C=O) groups is 2. The number of ether oxygens (including phenoxy) is 2. The highest BCUT2D eigenvalue weighted by Crippen LogP contribution is 2.33. The fourth-order valence-corrected chi connectivity index (χ4v) is 6.08. The Kier molecular flexibility index (Phi) is 9.94. The lowest BCUT2D eigenvalue weighted by Gasteiger charge is -2.29. The van der Waals surface area contributed by atoms with Crippen LogP contribution in [0.4, 0.5) is 4.39 Å². The zero-order valence-corrected chi connectivity index (χ0v) is 25.8. The van der Waals surface area contributed by atoms with Crippen molar-refractivity contribution < 1.29 is 33.7 Å². The molecule has 3 aromatic carbocycles. The van der Waals surface area contributed by atoms with Crippen molar-refractivity contribution in [2.45, 2.75) is 44.3 Å². The molecule has 2 heterocycles. The SMILES string of the molecule is O=C(N[C@H]1CC[C@@H](NC(=O)c2cc(F)cnc2Oc2cccc(-c3ccc(O)cc3CN3CCOCC3)c2)CC1)c1ccccc1O. The van der Waals surface area contributed by atoms with Crippen molar-refractivity contribution in [2.75, 3.05) is 26.3 Å². The molecular weight excluding hydrogens is 603 g/mol. The molecule has 0 atom stereocenters. The maximum atomic E-state index is 14.3. The summed E-state index contributed by atoms with van der Waals surface area (Å²) in [6, 6.07) is 19.8. The topological polar surface area (TPSA) is 133 Å². The average Bonchev–Trinajstić information content (AvgIpc) is 3.07. The minimum Gasteiger partial charge on any atom is -0.508 e. The van der Waals surface area contributed by atoms with Gasteiger partial charge in [0, 0.05) is 31.7 Å². The molecule has 2 fully saturated rings. The molecule has 0 unspecified atom stereocenters. The van der Waals surface area contributed by atoms with Crippen LogP contribution in [0.3, 0.4) is 0 Å². The molecule has 1 aliphatic heterocycles. The number of phenols is 2. The smallest absolute Gasteiger partial charge is 0.257 e. The number of pyridine rings is 1. The van der Waals surface area contributed by atoms with Crippen molar-refractivity contribution in [2.24, 2.45) is 0 Å². The van der Waals surface area contributed by atoms with E-state index in [-0.39, 0.29) is 46.5 Å². The van der Waals surface area contributed by atoms with E-state index in [0.29, 0.717) is 51.2 Å². The van der Waals surface area contributed by atoms with Gasteiger partial charge >= 0.3 is 0 Å². The van der Waals surface area contributed by atoms with Gasteiger partial charge in [-0.2, -0.15) is 0 Å². The molecule has 1 aliphatic carbocycles. The van der Waals surface area contributed by atoms with Gasteiger partial charge in [-0.3, -0.25) is 14.5 Å². The standard InChI is InChI=1S/C36H37FN4O6/c37-25-20-32(35(45)40-27-10-8-26(9-11-27)39-34(44)31-6-1-2-7-33(31)43)36(38-21-25)47-29-5-3-4-23(19-29)30-13-12-28(42)18-24(30)22-41-14-16-46-17-15-41/h1-7,12-13,18-21,26-27,42-43H,8-11,14-17,22H2,(H,39,44)(H,40,45)/t26-,27+. The summed E-state index contributed by atoms with van der Waals surface area (Å²) in [5, 5.41) is 26.1. The summed E-state index contributed by atoms with van der Waals surface area (Å²) in [6.07, 6.45) is 3.49. The molecule has 47 heavy (non-hydrogen) atoms. The molecule has 1 saturated heterocycles. The highest BCUT2D eigenvalue weighted by Gasteiger charge is 2.26. The van der Waals surface area contributed by atoms with E-state index in [9.17, 15) is 24.2 Å². The van der Waals surface area contributed by atoms with E-state index in [4.69, 9.17) is 9.47 Å². The maximum absolute atomic E-state index is 14.3. The van der Waals surface area contributed by atoms with Gasteiger partial charge in [0.25, 0.3) is 11.8 Å². The second-order valence-corrected chi connectivity index (χ2v) is 11.9. The minimum atomic E-state index is -0.663. The molecule has 2 aliphatic rings. The van der Waals surface area contributed by atoms with Crippen LogP contribution in [0.15, 0.2) is 79.0 Å². The van der Waals surface area contributed by atoms with E-state index < -0.39 is 11.7 Å². The van der Waals surface area contributed by atoms with Gasteiger partial charge in [0.1, 0.15) is 28.6 Å². The molecule has 2 amide bonds. The Morgan fingerprint density at radius 2 is 1.57 bits per heavy atom.